The van der Waals surface area contributed by atoms with Crippen LogP contribution < -0.4 is 15.4 Å². The fourth-order valence-corrected chi connectivity index (χ4v) is 3.07. The third-order valence-corrected chi connectivity index (χ3v) is 4.71. The number of benzene rings is 2. The van der Waals surface area contributed by atoms with Crippen molar-refractivity contribution < 1.29 is 13.2 Å². The van der Waals surface area contributed by atoms with E-state index in [-0.39, 0.29) is 10.9 Å². The molecule has 0 unspecified atom stereocenters. The number of urea groups is 1. The Morgan fingerprint density at radius 3 is 2.25 bits per heavy atom. The Morgan fingerprint density at radius 2 is 1.62 bits per heavy atom. The molecule has 0 bridgehead atoms. The first-order valence-corrected chi connectivity index (χ1v) is 9.32. The molecule has 0 atom stereocenters. The Balaban J connectivity index is 1.99. The van der Waals surface area contributed by atoms with Crippen molar-refractivity contribution >= 4 is 39.0 Å². The number of amides is 2. The van der Waals surface area contributed by atoms with E-state index in [2.05, 4.69) is 15.4 Å². The molecule has 0 aliphatic carbocycles. The predicted molar refractivity (Wildman–Crippen MR) is 96.1 cm³/mol. The monoisotopic (exact) mass is 367 g/mol. The minimum atomic E-state index is -3.67. The zero-order valence-corrected chi connectivity index (χ0v) is 14.4. The van der Waals surface area contributed by atoms with Gasteiger partial charge in [-0.2, -0.15) is 0 Å². The first kappa shape index (κ1) is 18.1. The summed E-state index contributed by atoms with van der Waals surface area (Å²) in [6.07, 6.45) is 0.678. The van der Waals surface area contributed by atoms with Crippen LogP contribution in [0.1, 0.15) is 6.42 Å². The second-order valence-corrected chi connectivity index (χ2v) is 6.98. The van der Waals surface area contributed by atoms with Gasteiger partial charge >= 0.3 is 6.03 Å². The van der Waals surface area contributed by atoms with Gasteiger partial charge in [0.25, 0.3) is 10.0 Å². The molecule has 2 rings (SSSR count). The second kappa shape index (κ2) is 8.56. The fourth-order valence-electron chi connectivity index (χ4n) is 1.88. The van der Waals surface area contributed by atoms with Crippen LogP contribution in [0.15, 0.2) is 59.5 Å². The molecule has 0 radical (unpaired) electrons. The summed E-state index contributed by atoms with van der Waals surface area (Å²) in [5.74, 6) is 0.473. The Labute approximate surface area is 146 Å². The van der Waals surface area contributed by atoms with Crippen molar-refractivity contribution in [2.24, 2.45) is 0 Å². The highest BCUT2D eigenvalue weighted by Crippen LogP contribution is 2.18. The number of rotatable bonds is 7. The highest BCUT2D eigenvalue weighted by Gasteiger charge is 2.14. The molecule has 24 heavy (non-hydrogen) atoms. The molecule has 0 aliphatic rings. The lowest BCUT2D eigenvalue weighted by molar-refractivity contribution is 0.252. The number of carbonyl (C=O) groups excluding carboxylic acids is 1. The first-order chi connectivity index (χ1) is 11.5. The zero-order valence-electron chi connectivity index (χ0n) is 12.8. The van der Waals surface area contributed by atoms with E-state index in [9.17, 15) is 13.2 Å². The minimum Gasteiger partial charge on any atom is -0.338 e. The van der Waals surface area contributed by atoms with Crippen LogP contribution in [0, 0.1) is 0 Å². The fraction of sp³-hybridized carbons (Fsp3) is 0.188. The molecular formula is C16H18ClN3O3S. The quantitative estimate of drug-likeness (QED) is 0.518. The summed E-state index contributed by atoms with van der Waals surface area (Å²) in [6.45, 7) is 0.475. The minimum absolute atomic E-state index is 0.111. The lowest BCUT2D eigenvalue weighted by Gasteiger charge is -2.10. The molecule has 0 aliphatic heterocycles. The molecule has 0 heterocycles. The normalized spacial score (nSPS) is 10.9. The molecule has 0 spiro atoms. The van der Waals surface area contributed by atoms with Crippen LogP contribution in [0.3, 0.4) is 0 Å². The molecule has 0 saturated carbocycles. The van der Waals surface area contributed by atoms with E-state index in [0.717, 1.165) is 0 Å². The maximum Gasteiger partial charge on any atom is 0.319 e. The van der Waals surface area contributed by atoms with Crippen molar-refractivity contribution in [3.05, 3.63) is 54.6 Å². The van der Waals surface area contributed by atoms with E-state index < -0.39 is 10.0 Å². The standard InChI is InChI=1S/C16H18ClN3O3S/c17-11-4-12-18-16(21)19-13-7-9-15(10-8-13)24(22,23)20-14-5-2-1-3-6-14/h1-3,5-10,20H,4,11-12H2,(H2,18,19,21). The molecule has 128 valence electrons. The van der Waals surface area contributed by atoms with Crippen molar-refractivity contribution in [2.75, 3.05) is 22.5 Å². The summed E-state index contributed by atoms with van der Waals surface area (Å²) in [6, 6.07) is 14.2. The van der Waals surface area contributed by atoms with Gasteiger partial charge in [-0.25, -0.2) is 13.2 Å². The molecule has 0 aromatic heterocycles. The Hall–Kier alpha value is -2.25. The van der Waals surface area contributed by atoms with Crippen molar-refractivity contribution in [3.63, 3.8) is 0 Å². The summed E-state index contributed by atoms with van der Waals surface area (Å²) < 4.78 is 27.1. The lowest BCUT2D eigenvalue weighted by atomic mass is 10.3. The van der Waals surface area contributed by atoms with E-state index >= 15 is 0 Å². The zero-order chi connectivity index (χ0) is 17.4. The third-order valence-electron chi connectivity index (χ3n) is 3.04. The summed E-state index contributed by atoms with van der Waals surface area (Å²) in [4.78, 5) is 11.7. The van der Waals surface area contributed by atoms with Crippen molar-refractivity contribution in [1.29, 1.82) is 0 Å². The molecule has 3 N–H and O–H groups in total. The van der Waals surface area contributed by atoms with E-state index in [1.165, 1.54) is 24.3 Å². The van der Waals surface area contributed by atoms with Crippen LogP contribution >= 0.6 is 11.6 Å². The molecule has 2 aromatic rings. The van der Waals surface area contributed by atoms with Crippen LogP contribution in [0.25, 0.3) is 0 Å². The topological polar surface area (TPSA) is 87.3 Å². The van der Waals surface area contributed by atoms with Crippen LogP contribution in [-0.2, 0) is 10.0 Å². The first-order valence-electron chi connectivity index (χ1n) is 7.30. The average Bonchev–Trinajstić information content (AvgIpc) is 2.56. The number of alkyl halides is 1. The number of hydrogen-bond donors (Lipinski definition) is 3. The van der Waals surface area contributed by atoms with Gasteiger partial charge in [0.2, 0.25) is 0 Å². The van der Waals surface area contributed by atoms with Gasteiger partial charge in [-0.3, -0.25) is 4.72 Å². The second-order valence-electron chi connectivity index (χ2n) is 4.92. The molecule has 2 amide bonds. The number of nitrogens with one attached hydrogen (secondary N) is 3. The predicted octanol–water partition coefficient (Wildman–Crippen LogP) is 3.24. The van der Waals surface area contributed by atoms with Gasteiger partial charge in [0.05, 0.1) is 4.90 Å². The number of sulfonamides is 1. The van der Waals surface area contributed by atoms with E-state index in [0.29, 0.717) is 30.2 Å². The van der Waals surface area contributed by atoms with Gasteiger partial charge in [0.1, 0.15) is 0 Å². The molecule has 8 heteroatoms. The van der Waals surface area contributed by atoms with Gasteiger partial charge in [0, 0.05) is 23.8 Å². The summed E-state index contributed by atoms with van der Waals surface area (Å²) >= 11 is 5.53. The van der Waals surface area contributed by atoms with E-state index in [1.807, 2.05) is 0 Å². The maximum atomic E-state index is 12.3. The Bertz CT molecular complexity index is 765. The largest absolute Gasteiger partial charge is 0.338 e. The van der Waals surface area contributed by atoms with Crippen LogP contribution in [-0.4, -0.2) is 26.9 Å². The van der Waals surface area contributed by atoms with Crippen molar-refractivity contribution in [3.8, 4) is 0 Å². The smallest absolute Gasteiger partial charge is 0.319 e. The van der Waals surface area contributed by atoms with Crippen molar-refractivity contribution in [1.82, 2.24) is 5.32 Å². The summed E-state index contributed by atoms with van der Waals surface area (Å²) in [7, 11) is -3.67. The van der Waals surface area contributed by atoms with Gasteiger partial charge in [0.15, 0.2) is 0 Å². The third kappa shape index (κ3) is 5.43. The lowest BCUT2D eigenvalue weighted by Crippen LogP contribution is -2.29. The molecule has 6 nitrogen and oxygen atoms in total. The highest BCUT2D eigenvalue weighted by molar-refractivity contribution is 7.92. The Morgan fingerprint density at radius 1 is 0.958 bits per heavy atom. The van der Waals surface area contributed by atoms with E-state index in [4.69, 9.17) is 11.6 Å². The number of halogens is 1. The SMILES string of the molecule is O=C(NCCCCl)Nc1ccc(S(=O)(=O)Nc2ccccc2)cc1. The summed E-state index contributed by atoms with van der Waals surface area (Å²) in [5, 5.41) is 5.27. The maximum absolute atomic E-state index is 12.3. The number of hydrogen-bond acceptors (Lipinski definition) is 3. The van der Waals surface area contributed by atoms with Gasteiger partial charge in [-0.1, -0.05) is 18.2 Å². The number of anilines is 2. The van der Waals surface area contributed by atoms with Crippen LogP contribution in [0.2, 0.25) is 0 Å². The van der Waals surface area contributed by atoms with Gasteiger partial charge in [-0.05, 0) is 42.8 Å². The van der Waals surface area contributed by atoms with Gasteiger partial charge < -0.3 is 10.6 Å². The number of para-hydroxylation sites is 1. The Kier molecular flexibility index (Phi) is 6.45. The molecule has 2 aromatic carbocycles. The average molecular weight is 368 g/mol. The number of carbonyl (C=O) groups is 1. The molecular weight excluding hydrogens is 350 g/mol. The van der Waals surface area contributed by atoms with Gasteiger partial charge in [-0.15, -0.1) is 11.6 Å². The molecule has 0 saturated heterocycles. The highest BCUT2D eigenvalue weighted by atomic mass is 35.5. The summed E-state index contributed by atoms with van der Waals surface area (Å²) in [5.41, 5.74) is 0.982. The van der Waals surface area contributed by atoms with Crippen LogP contribution in [0.5, 0.6) is 0 Å². The van der Waals surface area contributed by atoms with Crippen molar-refractivity contribution in [2.45, 2.75) is 11.3 Å². The van der Waals surface area contributed by atoms with E-state index in [1.54, 1.807) is 30.3 Å². The van der Waals surface area contributed by atoms with Crippen LogP contribution in [0.4, 0.5) is 16.2 Å². The molecule has 0 fully saturated rings.